The van der Waals surface area contributed by atoms with Gasteiger partial charge in [-0.1, -0.05) is 11.8 Å². The number of nitrogens with two attached hydrogens (primary N) is 1. The number of hydrogen-bond acceptors (Lipinski definition) is 6. The third-order valence-electron chi connectivity index (χ3n) is 3.85. The lowest BCUT2D eigenvalue weighted by molar-refractivity contribution is -0.131. The molecule has 0 bridgehead atoms. The summed E-state index contributed by atoms with van der Waals surface area (Å²) in [5.41, 5.74) is 0. The van der Waals surface area contributed by atoms with Crippen LogP contribution < -0.4 is 5.84 Å². The molecule has 8 heteroatoms. The Bertz CT molecular complexity index is 640. The summed E-state index contributed by atoms with van der Waals surface area (Å²) in [5.74, 6) is 7.42. The average Bonchev–Trinajstić information content (AvgIpc) is 3.15. The molecule has 0 aliphatic carbocycles. The van der Waals surface area contributed by atoms with Crippen LogP contribution in [0.5, 0.6) is 0 Å². The molecule has 1 saturated heterocycles. The molecule has 0 radical (unpaired) electrons. The van der Waals surface area contributed by atoms with E-state index in [-0.39, 0.29) is 5.91 Å². The van der Waals surface area contributed by atoms with Crippen molar-refractivity contribution in [2.45, 2.75) is 37.4 Å². The van der Waals surface area contributed by atoms with Gasteiger partial charge in [0.2, 0.25) is 16.9 Å². The summed E-state index contributed by atoms with van der Waals surface area (Å²) < 4.78 is 6.62. The standard InChI is InChI=1S/C14H19N5O2S/c1-10-5-2-3-7-18(10)12(20)9-22-14-17-16-13(19(14)15)11-6-4-8-21-11/h4,6,8,10H,2-3,5,7,9,15H2,1H3/t10-/m1/s1. The van der Waals surface area contributed by atoms with Crippen molar-refractivity contribution in [3.05, 3.63) is 18.4 Å². The second-order valence-corrected chi connectivity index (χ2v) is 6.32. The third kappa shape index (κ3) is 2.96. The van der Waals surface area contributed by atoms with E-state index in [0.29, 0.717) is 28.5 Å². The first-order valence-corrected chi connectivity index (χ1v) is 8.32. The van der Waals surface area contributed by atoms with Gasteiger partial charge in [-0.3, -0.25) is 4.79 Å². The molecule has 2 aromatic rings. The molecule has 1 aliphatic rings. The van der Waals surface area contributed by atoms with E-state index in [1.54, 1.807) is 18.4 Å². The summed E-state index contributed by atoms with van der Waals surface area (Å²) in [6.45, 7) is 2.94. The minimum atomic E-state index is 0.125. The van der Waals surface area contributed by atoms with Crippen LogP contribution in [0.25, 0.3) is 11.6 Å². The number of carbonyl (C=O) groups is 1. The normalized spacial score (nSPS) is 18.6. The SMILES string of the molecule is C[C@@H]1CCCCN1C(=O)CSc1nnc(-c2ccco2)n1N. The molecule has 0 spiro atoms. The number of rotatable bonds is 4. The maximum atomic E-state index is 12.3. The molecule has 2 aromatic heterocycles. The number of likely N-dealkylation sites (tertiary alicyclic amines) is 1. The average molecular weight is 321 g/mol. The number of amides is 1. The molecule has 0 aromatic carbocycles. The van der Waals surface area contributed by atoms with Crippen molar-refractivity contribution in [2.24, 2.45) is 0 Å². The van der Waals surface area contributed by atoms with Crippen molar-refractivity contribution >= 4 is 17.7 Å². The lowest BCUT2D eigenvalue weighted by atomic mass is 10.0. The summed E-state index contributed by atoms with van der Waals surface area (Å²) in [7, 11) is 0. The number of carbonyl (C=O) groups excluding carboxylic acids is 1. The molecule has 2 N–H and O–H groups in total. The zero-order chi connectivity index (χ0) is 15.5. The Labute approximate surface area is 132 Å². The van der Waals surface area contributed by atoms with Gasteiger partial charge in [0.1, 0.15) is 0 Å². The zero-order valence-electron chi connectivity index (χ0n) is 12.4. The van der Waals surface area contributed by atoms with Crippen molar-refractivity contribution in [3.8, 4) is 11.6 Å². The second-order valence-electron chi connectivity index (χ2n) is 5.37. The number of nitrogen functional groups attached to an aromatic ring is 1. The quantitative estimate of drug-likeness (QED) is 0.681. The van der Waals surface area contributed by atoms with Crippen LogP contribution in [0.3, 0.4) is 0 Å². The fraction of sp³-hybridized carbons (Fsp3) is 0.500. The first-order chi connectivity index (χ1) is 10.7. The number of aromatic nitrogens is 3. The fourth-order valence-electron chi connectivity index (χ4n) is 2.63. The maximum Gasteiger partial charge on any atom is 0.233 e. The van der Waals surface area contributed by atoms with Crippen molar-refractivity contribution in [1.29, 1.82) is 0 Å². The van der Waals surface area contributed by atoms with E-state index < -0.39 is 0 Å². The van der Waals surface area contributed by atoms with E-state index >= 15 is 0 Å². The van der Waals surface area contributed by atoms with Gasteiger partial charge in [0.15, 0.2) is 5.76 Å². The van der Waals surface area contributed by atoms with Gasteiger partial charge < -0.3 is 15.2 Å². The highest BCUT2D eigenvalue weighted by Crippen LogP contribution is 2.23. The molecule has 1 fully saturated rings. The lowest BCUT2D eigenvalue weighted by Gasteiger charge is -2.33. The number of thioether (sulfide) groups is 1. The van der Waals surface area contributed by atoms with Gasteiger partial charge >= 0.3 is 0 Å². The van der Waals surface area contributed by atoms with Crippen LogP contribution in [0.15, 0.2) is 28.0 Å². The van der Waals surface area contributed by atoms with Crippen molar-refractivity contribution in [3.63, 3.8) is 0 Å². The largest absolute Gasteiger partial charge is 0.461 e. The number of nitrogens with zero attached hydrogens (tertiary/aromatic N) is 4. The molecule has 3 rings (SSSR count). The molecule has 0 saturated carbocycles. The Balaban J connectivity index is 1.63. The van der Waals surface area contributed by atoms with Crippen LogP contribution in [0.1, 0.15) is 26.2 Å². The van der Waals surface area contributed by atoms with E-state index in [1.807, 2.05) is 4.90 Å². The maximum absolute atomic E-state index is 12.3. The molecule has 118 valence electrons. The predicted octanol–water partition coefficient (Wildman–Crippen LogP) is 1.74. The summed E-state index contributed by atoms with van der Waals surface area (Å²) in [4.78, 5) is 14.3. The number of furan rings is 1. The number of piperidine rings is 1. The van der Waals surface area contributed by atoms with Gasteiger partial charge in [0, 0.05) is 12.6 Å². The Morgan fingerprint density at radius 2 is 2.36 bits per heavy atom. The van der Waals surface area contributed by atoms with Crippen LogP contribution in [0.2, 0.25) is 0 Å². The molecule has 1 aliphatic heterocycles. The van der Waals surface area contributed by atoms with Crippen LogP contribution in [0, 0.1) is 0 Å². The van der Waals surface area contributed by atoms with Crippen LogP contribution in [-0.4, -0.2) is 44.0 Å². The Hall–Kier alpha value is -1.96. The smallest absolute Gasteiger partial charge is 0.233 e. The number of hydrogen-bond donors (Lipinski definition) is 1. The van der Waals surface area contributed by atoms with Crippen molar-refractivity contribution < 1.29 is 9.21 Å². The summed E-state index contributed by atoms with van der Waals surface area (Å²) in [6.07, 6.45) is 4.91. The lowest BCUT2D eigenvalue weighted by Crippen LogP contribution is -2.43. The van der Waals surface area contributed by atoms with E-state index in [2.05, 4.69) is 17.1 Å². The molecule has 1 atom stereocenters. The fourth-order valence-corrected chi connectivity index (χ4v) is 3.37. The summed E-state index contributed by atoms with van der Waals surface area (Å²) in [5, 5.41) is 8.54. The third-order valence-corrected chi connectivity index (χ3v) is 4.78. The van der Waals surface area contributed by atoms with Gasteiger partial charge in [-0.05, 0) is 38.3 Å². The van der Waals surface area contributed by atoms with E-state index in [4.69, 9.17) is 10.3 Å². The second kappa shape index (κ2) is 6.43. The van der Waals surface area contributed by atoms with Crippen molar-refractivity contribution in [1.82, 2.24) is 19.8 Å². The molecule has 22 heavy (non-hydrogen) atoms. The molecule has 7 nitrogen and oxygen atoms in total. The van der Waals surface area contributed by atoms with Crippen molar-refractivity contribution in [2.75, 3.05) is 18.1 Å². The first kappa shape index (κ1) is 15.0. The van der Waals surface area contributed by atoms with E-state index in [1.165, 1.54) is 22.9 Å². The molecular weight excluding hydrogens is 302 g/mol. The van der Waals surface area contributed by atoms with Gasteiger partial charge in [0.25, 0.3) is 0 Å². The van der Waals surface area contributed by atoms with Crippen LogP contribution in [0.4, 0.5) is 0 Å². The first-order valence-electron chi connectivity index (χ1n) is 7.33. The Morgan fingerprint density at radius 3 is 3.09 bits per heavy atom. The highest BCUT2D eigenvalue weighted by molar-refractivity contribution is 7.99. The predicted molar refractivity (Wildman–Crippen MR) is 83.6 cm³/mol. The highest BCUT2D eigenvalue weighted by atomic mass is 32.2. The molecular formula is C14H19N5O2S. The van der Waals surface area contributed by atoms with Gasteiger partial charge in [-0.25, -0.2) is 4.68 Å². The van der Waals surface area contributed by atoms with E-state index in [9.17, 15) is 4.79 Å². The topological polar surface area (TPSA) is 90.2 Å². The minimum Gasteiger partial charge on any atom is -0.461 e. The molecule has 3 heterocycles. The van der Waals surface area contributed by atoms with Gasteiger partial charge in [0.05, 0.1) is 12.0 Å². The highest BCUT2D eigenvalue weighted by Gasteiger charge is 2.24. The molecule has 0 unspecified atom stereocenters. The monoisotopic (exact) mass is 321 g/mol. The van der Waals surface area contributed by atoms with Gasteiger partial charge in [-0.15, -0.1) is 10.2 Å². The molecule has 1 amide bonds. The summed E-state index contributed by atoms with van der Waals surface area (Å²) >= 11 is 1.30. The van der Waals surface area contributed by atoms with Crippen LogP contribution >= 0.6 is 11.8 Å². The summed E-state index contributed by atoms with van der Waals surface area (Å²) in [6, 6.07) is 3.84. The van der Waals surface area contributed by atoms with Crippen LogP contribution in [-0.2, 0) is 4.79 Å². The zero-order valence-corrected chi connectivity index (χ0v) is 13.3. The Kier molecular flexibility index (Phi) is 4.37. The Morgan fingerprint density at radius 1 is 1.50 bits per heavy atom. The minimum absolute atomic E-state index is 0.125. The van der Waals surface area contributed by atoms with Gasteiger partial charge in [-0.2, -0.15) is 0 Å². The van der Waals surface area contributed by atoms with E-state index in [0.717, 1.165) is 19.4 Å².